The van der Waals surface area contributed by atoms with Crippen molar-refractivity contribution >= 4 is 12.4 Å². The van der Waals surface area contributed by atoms with Gasteiger partial charge in [-0.05, 0) is 32.1 Å². The van der Waals surface area contributed by atoms with Gasteiger partial charge < -0.3 is 4.74 Å². The smallest absolute Gasteiger partial charge is 0.375 e. The van der Waals surface area contributed by atoms with Gasteiger partial charge >= 0.3 is 6.18 Å². The Labute approximate surface area is 87.4 Å². The van der Waals surface area contributed by atoms with Crippen molar-refractivity contribution in [2.75, 3.05) is 6.61 Å². The Balaban J connectivity index is 0.000000980. The highest BCUT2D eigenvalue weighted by atomic mass is 35.5. The fourth-order valence-corrected chi connectivity index (χ4v) is 2.23. The van der Waals surface area contributed by atoms with E-state index in [1.165, 1.54) is 0 Å². The van der Waals surface area contributed by atoms with Crippen molar-refractivity contribution in [1.29, 1.82) is 0 Å². The van der Waals surface area contributed by atoms with Crippen LogP contribution in [0.2, 0.25) is 0 Å². The van der Waals surface area contributed by atoms with E-state index in [0.29, 0.717) is 0 Å². The summed E-state index contributed by atoms with van der Waals surface area (Å²) < 4.78 is 42.6. The van der Waals surface area contributed by atoms with E-state index < -0.39 is 17.7 Å². The van der Waals surface area contributed by atoms with Crippen LogP contribution in [0.4, 0.5) is 13.2 Å². The van der Waals surface area contributed by atoms with Gasteiger partial charge in [-0.2, -0.15) is 13.2 Å². The van der Waals surface area contributed by atoms with Gasteiger partial charge in [0.05, 0.1) is 11.5 Å². The summed E-state index contributed by atoms with van der Waals surface area (Å²) in [5.74, 6) is -1.12. The van der Waals surface area contributed by atoms with E-state index >= 15 is 0 Å². The summed E-state index contributed by atoms with van der Waals surface area (Å²) in [7, 11) is 0. The second-order valence-electron chi connectivity index (χ2n) is 4.12. The van der Waals surface area contributed by atoms with Gasteiger partial charge in [0.25, 0.3) is 0 Å². The van der Waals surface area contributed by atoms with Gasteiger partial charge in [0.2, 0.25) is 0 Å². The summed E-state index contributed by atoms with van der Waals surface area (Å²) in [6, 6.07) is 0. The Morgan fingerprint density at radius 1 is 1.21 bits per heavy atom. The van der Waals surface area contributed by atoms with Crippen LogP contribution in [0.1, 0.15) is 32.1 Å². The molecule has 1 aliphatic heterocycles. The Hall–Kier alpha value is 0.0400. The van der Waals surface area contributed by atoms with Crippen molar-refractivity contribution in [1.82, 2.24) is 0 Å². The molecule has 1 nitrogen and oxygen atoms in total. The summed E-state index contributed by atoms with van der Waals surface area (Å²) >= 11 is 0. The Bertz CT molecular complexity index is 201. The molecule has 1 heterocycles. The molecular weight excluding hydrogens is 217 g/mol. The highest BCUT2D eigenvalue weighted by Crippen LogP contribution is 2.48. The highest BCUT2D eigenvalue weighted by molar-refractivity contribution is 5.85. The van der Waals surface area contributed by atoms with E-state index in [1.807, 2.05) is 0 Å². The predicted octanol–water partition coefficient (Wildman–Crippen LogP) is 3.32. The minimum Gasteiger partial charge on any atom is -0.375 e. The molecule has 0 amide bonds. The topological polar surface area (TPSA) is 9.23 Å². The first-order valence-electron chi connectivity index (χ1n) is 4.73. The molecule has 2 aliphatic rings. The molecule has 1 unspecified atom stereocenters. The third kappa shape index (κ3) is 2.16. The first-order chi connectivity index (χ1) is 6.02. The zero-order valence-electron chi connectivity index (χ0n) is 7.77. The molecule has 1 saturated carbocycles. The number of alkyl halides is 3. The molecule has 0 radical (unpaired) electrons. The normalized spacial score (nSPS) is 30.6. The summed E-state index contributed by atoms with van der Waals surface area (Å²) in [6.07, 6.45) is -1.03. The van der Waals surface area contributed by atoms with Gasteiger partial charge in [-0.3, -0.25) is 0 Å². The molecule has 0 N–H and O–H groups in total. The maximum Gasteiger partial charge on any atom is 0.392 e. The average molecular weight is 231 g/mol. The predicted molar refractivity (Wildman–Crippen MR) is 48.6 cm³/mol. The van der Waals surface area contributed by atoms with E-state index in [4.69, 9.17) is 4.74 Å². The molecule has 14 heavy (non-hydrogen) atoms. The number of hydrogen-bond acceptors (Lipinski definition) is 1. The van der Waals surface area contributed by atoms with Gasteiger partial charge in [-0.1, -0.05) is 0 Å². The van der Waals surface area contributed by atoms with Crippen LogP contribution in [0, 0.1) is 5.92 Å². The minimum absolute atomic E-state index is 0. The van der Waals surface area contributed by atoms with Crippen molar-refractivity contribution in [2.24, 2.45) is 5.92 Å². The molecule has 0 aromatic rings. The quantitative estimate of drug-likeness (QED) is 0.620. The minimum atomic E-state index is -4.02. The van der Waals surface area contributed by atoms with Crippen LogP contribution in [-0.2, 0) is 4.74 Å². The molecule has 2 fully saturated rings. The van der Waals surface area contributed by atoms with Gasteiger partial charge in [0, 0.05) is 6.61 Å². The monoisotopic (exact) mass is 230 g/mol. The molecule has 1 spiro atoms. The van der Waals surface area contributed by atoms with Crippen molar-refractivity contribution in [3.8, 4) is 0 Å². The summed E-state index contributed by atoms with van der Waals surface area (Å²) in [5, 5.41) is 0. The number of ether oxygens (including phenoxy) is 1. The van der Waals surface area contributed by atoms with E-state index in [-0.39, 0.29) is 31.9 Å². The lowest BCUT2D eigenvalue weighted by atomic mass is 9.72. The number of hydrogen-bond donors (Lipinski definition) is 0. The van der Waals surface area contributed by atoms with Crippen LogP contribution in [-0.4, -0.2) is 18.4 Å². The molecule has 84 valence electrons. The first kappa shape index (κ1) is 12.1. The summed E-state index contributed by atoms with van der Waals surface area (Å²) in [5.41, 5.74) is -0.390. The number of halogens is 4. The molecule has 1 saturated heterocycles. The van der Waals surface area contributed by atoms with Crippen molar-refractivity contribution in [2.45, 2.75) is 43.9 Å². The van der Waals surface area contributed by atoms with Crippen molar-refractivity contribution in [3.63, 3.8) is 0 Å². The highest BCUT2D eigenvalue weighted by Gasteiger charge is 2.50. The zero-order chi connectivity index (χ0) is 9.53. The molecule has 0 aromatic heterocycles. The maximum absolute atomic E-state index is 12.4. The SMILES string of the molecule is Cl.FC(F)(F)C1CCOC2(CCC2)C1. The van der Waals surface area contributed by atoms with Crippen LogP contribution in [0.15, 0.2) is 0 Å². The summed E-state index contributed by atoms with van der Waals surface area (Å²) in [6.45, 7) is 0.282. The van der Waals surface area contributed by atoms with Crippen LogP contribution in [0.3, 0.4) is 0 Å². The van der Waals surface area contributed by atoms with Gasteiger partial charge in [0.1, 0.15) is 0 Å². The molecule has 0 bridgehead atoms. The molecule has 0 aromatic carbocycles. The van der Waals surface area contributed by atoms with E-state index in [0.717, 1.165) is 19.3 Å². The van der Waals surface area contributed by atoms with E-state index in [2.05, 4.69) is 0 Å². The lowest BCUT2D eigenvalue weighted by molar-refractivity contribution is -0.233. The molecule has 5 heteroatoms. The third-order valence-corrected chi connectivity index (χ3v) is 3.22. The fraction of sp³-hybridized carbons (Fsp3) is 1.00. The lowest BCUT2D eigenvalue weighted by Crippen LogP contribution is -2.48. The van der Waals surface area contributed by atoms with Crippen LogP contribution < -0.4 is 0 Å². The van der Waals surface area contributed by atoms with Gasteiger partial charge in [-0.25, -0.2) is 0 Å². The molecule has 1 atom stereocenters. The van der Waals surface area contributed by atoms with Crippen molar-refractivity contribution in [3.05, 3.63) is 0 Å². The number of rotatable bonds is 0. The van der Waals surface area contributed by atoms with E-state index in [1.54, 1.807) is 0 Å². The lowest BCUT2D eigenvalue weighted by Gasteiger charge is -2.47. The zero-order valence-corrected chi connectivity index (χ0v) is 8.59. The summed E-state index contributed by atoms with van der Waals surface area (Å²) in [4.78, 5) is 0. The van der Waals surface area contributed by atoms with E-state index in [9.17, 15) is 13.2 Å². The Morgan fingerprint density at radius 3 is 2.29 bits per heavy atom. The Kier molecular flexibility index (Phi) is 3.37. The molecular formula is C9H14ClF3O. The molecule has 1 aliphatic carbocycles. The van der Waals surface area contributed by atoms with Crippen LogP contribution in [0.5, 0.6) is 0 Å². The second-order valence-corrected chi connectivity index (χ2v) is 4.12. The fourth-order valence-electron chi connectivity index (χ4n) is 2.23. The van der Waals surface area contributed by atoms with Crippen LogP contribution >= 0.6 is 12.4 Å². The van der Waals surface area contributed by atoms with Crippen molar-refractivity contribution < 1.29 is 17.9 Å². The Morgan fingerprint density at radius 2 is 1.86 bits per heavy atom. The largest absolute Gasteiger partial charge is 0.392 e. The van der Waals surface area contributed by atoms with Gasteiger partial charge in [-0.15, -0.1) is 12.4 Å². The maximum atomic E-state index is 12.4. The standard InChI is InChI=1S/C9H13F3O.ClH/c10-9(11,12)7-2-5-13-8(6-7)3-1-4-8;/h7H,1-6H2;1H. The molecule has 2 rings (SSSR count). The van der Waals surface area contributed by atoms with Crippen LogP contribution in [0.25, 0.3) is 0 Å². The first-order valence-corrected chi connectivity index (χ1v) is 4.73. The average Bonchev–Trinajstić information content (AvgIpc) is 2.00. The second kappa shape index (κ2) is 3.89. The van der Waals surface area contributed by atoms with Gasteiger partial charge in [0.15, 0.2) is 0 Å². The third-order valence-electron chi connectivity index (χ3n) is 3.22.